The zero-order valence-electron chi connectivity index (χ0n) is 9.61. The largest absolute Gasteiger partial charge is 0.465 e. The van der Waals surface area contributed by atoms with Crippen molar-refractivity contribution in [1.82, 2.24) is 0 Å². The topological polar surface area (TPSA) is 26.3 Å². The van der Waals surface area contributed by atoms with Gasteiger partial charge >= 0.3 is 5.97 Å². The number of hydrogen-bond donors (Lipinski definition) is 0. The van der Waals surface area contributed by atoms with Crippen molar-refractivity contribution in [3.05, 3.63) is 57.5 Å². The molecule has 18 heavy (non-hydrogen) atoms. The lowest BCUT2D eigenvalue weighted by atomic mass is 10.00. The first-order chi connectivity index (χ1) is 8.61. The Bertz CT molecular complexity index is 579. The second kappa shape index (κ2) is 5.55. The summed E-state index contributed by atoms with van der Waals surface area (Å²) in [6, 6.07) is 12.8. The van der Waals surface area contributed by atoms with Crippen molar-refractivity contribution in [1.29, 1.82) is 0 Å². The molecule has 0 saturated heterocycles. The Hall–Kier alpha value is -1.32. The molecule has 92 valence electrons. The van der Waals surface area contributed by atoms with Crippen LogP contribution in [-0.4, -0.2) is 13.1 Å². The quantitative estimate of drug-likeness (QED) is 0.757. The zero-order valence-corrected chi connectivity index (χ0v) is 12.0. The third-order valence-corrected chi connectivity index (χ3v) is 3.29. The molecule has 0 radical (unpaired) electrons. The van der Waals surface area contributed by atoms with E-state index in [-0.39, 0.29) is 5.97 Å². The van der Waals surface area contributed by atoms with E-state index in [9.17, 15) is 4.79 Å². The summed E-state index contributed by atoms with van der Waals surface area (Å²) < 4.78 is 5.68. The molecular weight excluding hydrogens is 316 g/mol. The molecule has 0 atom stereocenters. The van der Waals surface area contributed by atoms with Crippen LogP contribution in [0.5, 0.6) is 0 Å². The second-order valence-electron chi connectivity index (χ2n) is 3.69. The zero-order chi connectivity index (χ0) is 13.1. The summed E-state index contributed by atoms with van der Waals surface area (Å²) in [5.41, 5.74) is 2.26. The van der Waals surface area contributed by atoms with E-state index in [4.69, 9.17) is 16.3 Å². The molecule has 0 saturated carbocycles. The monoisotopic (exact) mass is 324 g/mol. The van der Waals surface area contributed by atoms with Crippen LogP contribution in [0.2, 0.25) is 5.02 Å². The average Bonchev–Trinajstić information content (AvgIpc) is 2.38. The average molecular weight is 326 g/mol. The van der Waals surface area contributed by atoms with Crippen LogP contribution in [0, 0.1) is 0 Å². The highest BCUT2D eigenvalue weighted by atomic mass is 79.9. The molecule has 2 aromatic carbocycles. The number of esters is 1. The van der Waals surface area contributed by atoms with Gasteiger partial charge in [0.25, 0.3) is 0 Å². The van der Waals surface area contributed by atoms with E-state index < -0.39 is 0 Å². The van der Waals surface area contributed by atoms with E-state index in [0.717, 1.165) is 15.6 Å². The fourth-order valence-electron chi connectivity index (χ4n) is 1.67. The number of halogens is 2. The summed E-state index contributed by atoms with van der Waals surface area (Å²) in [6.45, 7) is 0. The summed E-state index contributed by atoms with van der Waals surface area (Å²) in [4.78, 5) is 11.7. The van der Waals surface area contributed by atoms with Crippen molar-refractivity contribution >= 4 is 33.5 Å². The maximum atomic E-state index is 11.7. The maximum Gasteiger partial charge on any atom is 0.338 e. The predicted molar refractivity (Wildman–Crippen MR) is 75.9 cm³/mol. The minimum absolute atomic E-state index is 0.354. The molecule has 0 fully saturated rings. The summed E-state index contributed by atoms with van der Waals surface area (Å²) >= 11 is 9.26. The van der Waals surface area contributed by atoms with Crippen LogP contribution in [-0.2, 0) is 4.74 Å². The summed E-state index contributed by atoms with van der Waals surface area (Å²) in [7, 11) is 1.37. The molecule has 2 aromatic rings. The fraction of sp³-hybridized carbons (Fsp3) is 0.0714. The lowest BCUT2D eigenvalue weighted by molar-refractivity contribution is 0.0601. The summed E-state index contributed by atoms with van der Waals surface area (Å²) in [5.74, 6) is -0.354. The van der Waals surface area contributed by atoms with Gasteiger partial charge in [-0.25, -0.2) is 4.79 Å². The fourth-order valence-corrected chi connectivity index (χ4v) is 2.16. The lowest BCUT2D eigenvalue weighted by Crippen LogP contribution is -2.03. The molecule has 0 aliphatic heterocycles. The minimum Gasteiger partial charge on any atom is -0.465 e. The Balaban J connectivity index is 2.57. The first kappa shape index (κ1) is 13.1. The minimum atomic E-state index is -0.354. The van der Waals surface area contributed by atoms with Gasteiger partial charge in [0.1, 0.15) is 0 Å². The molecule has 4 heteroatoms. The Labute approximate surface area is 119 Å². The van der Waals surface area contributed by atoms with Crippen molar-refractivity contribution in [2.24, 2.45) is 0 Å². The van der Waals surface area contributed by atoms with Crippen molar-refractivity contribution < 1.29 is 9.53 Å². The van der Waals surface area contributed by atoms with Crippen LogP contribution in [0.25, 0.3) is 11.1 Å². The predicted octanol–water partition coefficient (Wildman–Crippen LogP) is 4.56. The third kappa shape index (κ3) is 2.74. The van der Waals surface area contributed by atoms with E-state index in [1.165, 1.54) is 7.11 Å². The number of carbonyl (C=O) groups is 1. The van der Waals surface area contributed by atoms with Gasteiger partial charge in [-0.05, 0) is 41.5 Å². The molecule has 2 nitrogen and oxygen atoms in total. The smallest absolute Gasteiger partial charge is 0.338 e. The highest BCUT2D eigenvalue weighted by molar-refractivity contribution is 9.10. The number of carbonyl (C=O) groups excluding carboxylic acids is 1. The van der Waals surface area contributed by atoms with Crippen LogP contribution in [0.4, 0.5) is 0 Å². The van der Waals surface area contributed by atoms with E-state index >= 15 is 0 Å². The third-order valence-electron chi connectivity index (χ3n) is 2.54. The van der Waals surface area contributed by atoms with Gasteiger partial charge in [0.05, 0.1) is 12.7 Å². The first-order valence-electron chi connectivity index (χ1n) is 5.25. The van der Waals surface area contributed by atoms with Crippen LogP contribution >= 0.6 is 27.5 Å². The molecule has 0 amide bonds. The Kier molecular flexibility index (Phi) is 4.04. The first-order valence-corrected chi connectivity index (χ1v) is 6.42. The van der Waals surface area contributed by atoms with Crippen LogP contribution in [0.3, 0.4) is 0 Å². The van der Waals surface area contributed by atoms with Crippen LogP contribution in [0.1, 0.15) is 10.4 Å². The van der Waals surface area contributed by atoms with Crippen molar-refractivity contribution in [2.45, 2.75) is 0 Å². The molecule has 0 heterocycles. The molecule has 0 N–H and O–H groups in total. The van der Waals surface area contributed by atoms with Gasteiger partial charge in [-0.3, -0.25) is 0 Å². The van der Waals surface area contributed by atoms with Gasteiger partial charge in [0.15, 0.2) is 0 Å². The van der Waals surface area contributed by atoms with Crippen molar-refractivity contribution in [3.8, 4) is 11.1 Å². The van der Waals surface area contributed by atoms with Crippen LogP contribution < -0.4 is 0 Å². The molecule has 0 bridgehead atoms. The molecule has 0 aromatic heterocycles. The van der Waals surface area contributed by atoms with Gasteiger partial charge in [-0.15, -0.1) is 0 Å². The van der Waals surface area contributed by atoms with Crippen LogP contribution in [0.15, 0.2) is 46.9 Å². The highest BCUT2D eigenvalue weighted by Gasteiger charge is 2.13. The number of ether oxygens (including phenoxy) is 1. The Morgan fingerprint density at radius 1 is 1.17 bits per heavy atom. The summed E-state index contributed by atoms with van der Waals surface area (Å²) in [5, 5.41) is 0.661. The molecule has 0 unspecified atom stereocenters. The SMILES string of the molecule is COC(=O)c1ccc(Br)cc1-c1ccc(Cl)cc1. The normalized spacial score (nSPS) is 10.2. The molecular formula is C14H10BrClO2. The molecule has 0 aliphatic carbocycles. The van der Waals surface area contributed by atoms with Gasteiger partial charge < -0.3 is 4.74 Å². The van der Waals surface area contributed by atoms with Gasteiger partial charge in [-0.1, -0.05) is 39.7 Å². The Morgan fingerprint density at radius 3 is 2.44 bits per heavy atom. The van der Waals surface area contributed by atoms with Crippen molar-refractivity contribution in [2.75, 3.05) is 7.11 Å². The van der Waals surface area contributed by atoms with E-state index in [0.29, 0.717) is 10.6 Å². The second-order valence-corrected chi connectivity index (χ2v) is 5.04. The van der Waals surface area contributed by atoms with E-state index in [1.807, 2.05) is 24.3 Å². The number of rotatable bonds is 2. The van der Waals surface area contributed by atoms with Gasteiger partial charge in [0, 0.05) is 9.50 Å². The van der Waals surface area contributed by atoms with Gasteiger partial charge in [-0.2, -0.15) is 0 Å². The number of benzene rings is 2. The lowest BCUT2D eigenvalue weighted by Gasteiger charge is -2.09. The molecule has 0 aliphatic rings. The summed E-state index contributed by atoms with van der Waals surface area (Å²) in [6.07, 6.45) is 0. The van der Waals surface area contributed by atoms with E-state index in [2.05, 4.69) is 15.9 Å². The standard InChI is InChI=1S/C14H10BrClO2/c1-18-14(17)12-7-4-10(15)8-13(12)9-2-5-11(16)6-3-9/h2-8H,1H3. The Morgan fingerprint density at radius 2 is 1.83 bits per heavy atom. The number of methoxy groups -OCH3 is 1. The van der Waals surface area contributed by atoms with E-state index in [1.54, 1.807) is 18.2 Å². The maximum absolute atomic E-state index is 11.7. The number of hydrogen-bond acceptors (Lipinski definition) is 2. The highest BCUT2D eigenvalue weighted by Crippen LogP contribution is 2.28. The van der Waals surface area contributed by atoms with Crippen molar-refractivity contribution in [3.63, 3.8) is 0 Å². The molecule has 2 rings (SSSR count). The van der Waals surface area contributed by atoms with Gasteiger partial charge in [0.2, 0.25) is 0 Å². The molecule has 0 spiro atoms.